The third kappa shape index (κ3) is 6.16. The van der Waals surface area contributed by atoms with Crippen molar-refractivity contribution in [3.63, 3.8) is 0 Å². The number of nitrogens with one attached hydrogen (secondary N) is 1. The Kier molecular flexibility index (Phi) is 7.57. The summed E-state index contributed by atoms with van der Waals surface area (Å²) < 4.78 is 0. The molecular formula is C24H24ClN3O2. The number of nitrogens with zero attached hydrogens (tertiary/aromatic N) is 2. The van der Waals surface area contributed by atoms with Gasteiger partial charge >= 0.3 is 0 Å². The molecule has 0 saturated carbocycles. The van der Waals surface area contributed by atoms with Crippen LogP contribution in [-0.2, 0) is 29.1 Å². The lowest BCUT2D eigenvalue weighted by molar-refractivity contribution is -0.140. The maximum absolute atomic E-state index is 13.1. The molecular weight excluding hydrogens is 398 g/mol. The van der Waals surface area contributed by atoms with Crippen LogP contribution in [0.4, 0.5) is 0 Å². The van der Waals surface area contributed by atoms with Gasteiger partial charge in [-0.3, -0.25) is 14.6 Å². The Morgan fingerprint density at radius 1 is 0.967 bits per heavy atom. The van der Waals surface area contributed by atoms with Crippen LogP contribution in [0.25, 0.3) is 0 Å². The number of benzene rings is 2. The fourth-order valence-corrected chi connectivity index (χ4v) is 3.20. The standard InChI is InChI=1S/C24H24ClN3O2/c1-18(24(30)27-16-22-9-5-6-14-26-22)28(17-20-10-12-21(25)13-11-20)23(29)15-19-7-3-2-4-8-19/h2-14,18H,15-17H2,1H3,(H,27,30). The van der Waals surface area contributed by atoms with E-state index in [0.29, 0.717) is 18.1 Å². The summed E-state index contributed by atoms with van der Waals surface area (Å²) in [6.45, 7) is 2.37. The minimum Gasteiger partial charge on any atom is -0.349 e. The summed E-state index contributed by atoms with van der Waals surface area (Å²) in [5.74, 6) is -0.340. The monoisotopic (exact) mass is 421 g/mol. The summed E-state index contributed by atoms with van der Waals surface area (Å²) in [5.41, 5.74) is 2.58. The quantitative estimate of drug-likeness (QED) is 0.597. The molecule has 1 N–H and O–H groups in total. The Labute approximate surface area is 181 Å². The third-order valence-electron chi connectivity index (χ3n) is 4.80. The van der Waals surface area contributed by atoms with Crippen molar-refractivity contribution in [1.82, 2.24) is 15.2 Å². The summed E-state index contributed by atoms with van der Waals surface area (Å²) in [5, 5.41) is 3.50. The zero-order valence-corrected chi connectivity index (χ0v) is 17.5. The van der Waals surface area contributed by atoms with Gasteiger partial charge in [-0.05, 0) is 42.3 Å². The second-order valence-electron chi connectivity index (χ2n) is 7.03. The molecule has 6 heteroatoms. The number of hydrogen-bond donors (Lipinski definition) is 1. The molecule has 0 fully saturated rings. The first kappa shape index (κ1) is 21.5. The molecule has 0 aliphatic carbocycles. The van der Waals surface area contributed by atoms with Gasteiger partial charge in [0.05, 0.1) is 18.7 Å². The predicted octanol–water partition coefficient (Wildman–Crippen LogP) is 4.01. The largest absolute Gasteiger partial charge is 0.349 e. The maximum Gasteiger partial charge on any atom is 0.242 e. The number of carbonyl (C=O) groups excluding carboxylic acids is 2. The number of pyridine rings is 1. The highest BCUT2D eigenvalue weighted by atomic mass is 35.5. The number of aromatic nitrogens is 1. The second kappa shape index (κ2) is 10.6. The average Bonchev–Trinajstić information content (AvgIpc) is 2.78. The molecule has 0 aliphatic rings. The number of amides is 2. The lowest BCUT2D eigenvalue weighted by Gasteiger charge is -2.29. The molecule has 5 nitrogen and oxygen atoms in total. The van der Waals surface area contributed by atoms with Crippen molar-refractivity contribution in [3.8, 4) is 0 Å². The topological polar surface area (TPSA) is 62.3 Å². The normalized spacial score (nSPS) is 11.5. The van der Waals surface area contributed by atoms with E-state index in [-0.39, 0.29) is 18.2 Å². The number of halogens is 1. The van der Waals surface area contributed by atoms with Crippen molar-refractivity contribution < 1.29 is 9.59 Å². The van der Waals surface area contributed by atoms with Crippen LogP contribution < -0.4 is 5.32 Å². The lowest BCUT2D eigenvalue weighted by Crippen LogP contribution is -2.48. The number of rotatable bonds is 8. The first-order valence-corrected chi connectivity index (χ1v) is 10.2. The van der Waals surface area contributed by atoms with E-state index >= 15 is 0 Å². The minimum atomic E-state index is -0.638. The highest BCUT2D eigenvalue weighted by molar-refractivity contribution is 6.30. The minimum absolute atomic E-state index is 0.114. The first-order chi connectivity index (χ1) is 14.5. The number of hydrogen-bond acceptors (Lipinski definition) is 3. The molecule has 0 saturated heterocycles. The summed E-state index contributed by atoms with van der Waals surface area (Å²) in [6.07, 6.45) is 1.91. The van der Waals surface area contributed by atoms with E-state index in [9.17, 15) is 9.59 Å². The van der Waals surface area contributed by atoms with Crippen molar-refractivity contribution in [2.75, 3.05) is 0 Å². The van der Waals surface area contributed by atoms with Gasteiger partial charge in [-0.1, -0.05) is 60.1 Å². The van der Waals surface area contributed by atoms with Crippen LogP contribution >= 0.6 is 11.6 Å². The van der Waals surface area contributed by atoms with Crippen LogP contribution in [0, 0.1) is 0 Å². The molecule has 2 amide bonds. The average molecular weight is 422 g/mol. The number of carbonyl (C=O) groups is 2. The fraction of sp³-hybridized carbons (Fsp3) is 0.208. The molecule has 0 bridgehead atoms. The smallest absolute Gasteiger partial charge is 0.242 e. The lowest BCUT2D eigenvalue weighted by atomic mass is 10.1. The van der Waals surface area contributed by atoms with E-state index in [2.05, 4.69) is 10.3 Å². The van der Waals surface area contributed by atoms with Gasteiger partial charge in [0.15, 0.2) is 0 Å². The van der Waals surface area contributed by atoms with Crippen LogP contribution in [-0.4, -0.2) is 27.7 Å². The van der Waals surface area contributed by atoms with Crippen molar-refractivity contribution in [3.05, 3.63) is 101 Å². The zero-order chi connectivity index (χ0) is 21.3. The Morgan fingerprint density at radius 2 is 1.67 bits per heavy atom. The van der Waals surface area contributed by atoms with Crippen LogP contribution in [0.15, 0.2) is 79.0 Å². The SMILES string of the molecule is CC(C(=O)NCc1ccccn1)N(Cc1ccc(Cl)cc1)C(=O)Cc1ccccc1. The van der Waals surface area contributed by atoms with Gasteiger partial charge < -0.3 is 10.2 Å². The van der Waals surface area contributed by atoms with Gasteiger partial charge in [0.2, 0.25) is 11.8 Å². The maximum atomic E-state index is 13.1. The van der Waals surface area contributed by atoms with E-state index in [1.54, 1.807) is 30.2 Å². The van der Waals surface area contributed by atoms with Crippen molar-refractivity contribution >= 4 is 23.4 Å². The molecule has 3 rings (SSSR count). The molecule has 1 unspecified atom stereocenters. The fourth-order valence-electron chi connectivity index (χ4n) is 3.07. The van der Waals surface area contributed by atoms with Gasteiger partial charge in [0.25, 0.3) is 0 Å². The molecule has 3 aromatic rings. The van der Waals surface area contributed by atoms with Gasteiger partial charge in [0.1, 0.15) is 6.04 Å². The molecule has 0 spiro atoms. The van der Waals surface area contributed by atoms with Crippen LogP contribution in [0.2, 0.25) is 5.02 Å². The van der Waals surface area contributed by atoms with Crippen LogP contribution in [0.3, 0.4) is 0 Å². The molecule has 0 aliphatic heterocycles. The molecule has 2 aromatic carbocycles. The molecule has 1 heterocycles. The van der Waals surface area contributed by atoms with Crippen molar-refractivity contribution in [1.29, 1.82) is 0 Å². The molecule has 154 valence electrons. The Morgan fingerprint density at radius 3 is 2.33 bits per heavy atom. The van der Waals surface area contributed by atoms with Crippen molar-refractivity contribution in [2.45, 2.75) is 32.5 Å². The second-order valence-corrected chi connectivity index (χ2v) is 7.46. The van der Waals surface area contributed by atoms with E-state index in [1.165, 1.54) is 0 Å². The Bertz CT molecular complexity index is 963. The summed E-state index contributed by atoms with van der Waals surface area (Å²) in [7, 11) is 0. The third-order valence-corrected chi connectivity index (χ3v) is 5.05. The van der Waals surface area contributed by atoms with Crippen molar-refractivity contribution in [2.24, 2.45) is 0 Å². The molecule has 0 radical (unpaired) electrons. The van der Waals surface area contributed by atoms with Gasteiger partial charge in [-0.25, -0.2) is 0 Å². The molecule has 1 atom stereocenters. The summed E-state index contributed by atoms with van der Waals surface area (Å²) >= 11 is 5.98. The van der Waals surface area contributed by atoms with E-state index in [1.807, 2.05) is 60.7 Å². The highest BCUT2D eigenvalue weighted by Crippen LogP contribution is 2.15. The van der Waals surface area contributed by atoms with Gasteiger partial charge in [-0.2, -0.15) is 0 Å². The summed E-state index contributed by atoms with van der Waals surface area (Å²) in [6, 6.07) is 21.7. The van der Waals surface area contributed by atoms with E-state index in [0.717, 1.165) is 16.8 Å². The summed E-state index contributed by atoms with van der Waals surface area (Å²) in [4.78, 5) is 31.7. The highest BCUT2D eigenvalue weighted by Gasteiger charge is 2.26. The van der Waals surface area contributed by atoms with E-state index in [4.69, 9.17) is 11.6 Å². The van der Waals surface area contributed by atoms with Gasteiger partial charge in [0, 0.05) is 17.8 Å². The first-order valence-electron chi connectivity index (χ1n) is 9.78. The zero-order valence-electron chi connectivity index (χ0n) is 16.8. The van der Waals surface area contributed by atoms with E-state index < -0.39 is 6.04 Å². The van der Waals surface area contributed by atoms with Crippen LogP contribution in [0.5, 0.6) is 0 Å². The van der Waals surface area contributed by atoms with Gasteiger partial charge in [-0.15, -0.1) is 0 Å². The van der Waals surface area contributed by atoms with Crippen LogP contribution in [0.1, 0.15) is 23.7 Å². The Balaban J connectivity index is 1.73. The molecule has 30 heavy (non-hydrogen) atoms. The Hall–Kier alpha value is -3.18. The molecule has 1 aromatic heterocycles. The predicted molar refractivity (Wildman–Crippen MR) is 118 cm³/mol.